The number of rotatable bonds is 6. The molecule has 3 nitrogen and oxygen atoms in total. The van der Waals surface area contributed by atoms with E-state index in [2.05, 4.69) is 43.5 Å². The summed E-state index contributed by atoms with van der Waals surface area (Å²) in [5.74, 6) is 0.680. The van der Waals surface area contributed by atoms with Gasteiger partial charge in [0.2, 0.25) is 0 Å². The van der Waals surface area contributed by atoms with Crippen molar-refractivity contribution in [1.82, 2.24) is 9.80 Å². The zero-order chi connectivity index (χ0) is 17.1. The molecule has 0 saturated carbocycles. The number of hydrogen-bond donors (Lipinski definition) is 0. The van der Waals surface area contributed by atoms with Crippen molar-refractivity contribution in [2.24, 2.45) is 11.3 Å². The third-order valence-corrected chi connectivity index (χ3v) is 7.54. The normalized spacial score (nSPS) is 24.3. The maximum atomic E-state index is 5.61. The summed E-state index contributed by atoms with van der Waals surface area (Å²) < 4.78 is 5.61. The lowest BCUT2D eigenvalue weighted by molar-refractivity contribution is 0.0351. The Bertz CT molecular complexity index is 633. The predicted molar refractivity (Wildman–Crippen MR) is 106 cm³/mol. The van der Waals surface area contributed by atoms with Crippen LogP contribution in [-0.4, -0.2) is 49.7 Å². The molecule has 0 aromatic carbocycles. The van der Waals surface area contributed by atoms with Crippen LogP contribution in [0.25, 0.3) is 0 Å². The molecule has 0 unspecified atom stereocenters. The van der Waals surface area contributed by atoms with Crippen molar-refractivity contribution in [3.8, 4) is 0 Å². The van der Waals surface area contributed by atoms with Crippen molar-refractivity contribution in [3.63, 3.8) is 0 Å². The standard InChI is InChI=1S/C20H28N2OS2/c1-23-13-19-12-22(11-18-3-9-25-15-18)16-20(19)4-6-21(7-5-20)10-17-2-8-24-14-17/h2-3,8-9,14-15,19H,4-7,10-13,16H2,1H3/t19-/m0/s1. The molecule has 2 aliphatic rings. The third kappa shape index (κ3) is 4.01. The third-order valence-electron chi connectivity index (χ3n) is 6.08. The van der Waals surface area contributed by atoms with Gasteiger partial charge in [-0.1, -0.05) is 0 Å². The molecule has 2 saturated heterocycles. The molecule has 5 heteroatoms. The van der Waals surface area contributed by atoms with Crippen molar-refractivity contribution in [3.05, 3.63) is 44.8 Å². The largest absolute Gasteiger partial charge is 0.384 e. The molecule has 25 heavy (non-hydrogen) atoms. The monoisotopic (exact) mass is 376 g/mol. The zero-order valence-corrected chi connectivity index (χ0v) is 16.7. The molecule has 0 aliphatic carbocycles. The molecular formula is C20H28N2OS2. The van der Waals surface area contributed by atoms with Gasteiger partial charge in [-0.3, -0.25) is 9.80 Å². The summed E-state index contributed by atoms with van der Waals surface area (Å²) in [5.41, 5.74) is 3.39. The Labute approximate surface area is 159 Å². The number of thiophene rings is 2. The number of nitrogens with zero attached hydrogens (tertiary/aromatic N) is 2. The van der Waals surface area contributed by atoms with E-state index in [0.717, 1.165) is 19.7 Å². The first kappa shape index (κ1) is 17.7. The summed E-state index contributed by atoms with van der Waals surface area (Å²) >= 11 is 3.61. The fourth-order valence-corrected chi connectivity index (χ4v) is 6.02. The van der Waals surface area contributed by atoms with E-state index < -0.39 is 0 Å². The van der Waals surface area contributed by atoms with Crippen molar-refractivity contribution in [2.45, 2.75) is 25.9 Å². The van der Waals surface area contributed by atoms with Crippen molar-refractivity contribution in [1.29, 1.82) is 0 Å². The van der Waals surface area contributed by atoms with E-state index in [0.29, 0.717) is 11.3 Å². The van der Waals surface area contributed by atoms with E-state index in [1.54, 1.807) is 22.7 Å². The van der Waals surface area contributed by atoms with Gasteiger partial charge in [0, 0.05) is 39.2 Å². The molecular weight excluding hydrogens is 348 g/mol. The molecule has 2 aromatic heterocycles. The summed E-state index contributed by atoms with van der Waals surface area (Å²) in [7, 11) is 1.86. The first-order chi connectivity index (χ1) is 12.3. The van der Waals surface area contributed by atoms with Crippen LogP contribution >= 0.6 is 22.7 Å². The second kappa shape index (κ2) is 7.89. The van der Waals surface area contributed by atoms with E-state index in [1.165, 1.54) is 50.1 Å². The van der Waals surface area contributed by atoms with Crippen LogP contribution < -0.4 is 0 Å². The number of likely N-dealkylation sites (tertiary alicyclic amines) is 2. The minimum absolute atomic E-state index is 0.456. The molecule has 136 valence electrons. The molecule has 4 rings (SSSR count). The Morgan fingerprint density at radius 3 is 2.24 bits per heavy atom. The second-order valence-electron chi connectivity index (χ2n) is 7.72. The Hall–Kier alpha value is -0.720. The summed E-state index contributed by atoms with van der Waals surface area (Å²) in [4.78, 5) is 5.30. The molecule has 2 aromatic rings. The van der Waals surface area contributed by atoms with Gasteiger partial charge in [-0.25, -0.2) is 0 Å². The number of methoxy groups -OCH3 is 1. The van der Waals surface area contributed by atoms with Crippen LogP contribution in [-0.2, 0) is 17.8 Å². The topological polar surface area (TPSA) is 15.7 Å². The van der Waals surface area contributed by atoms with Crippen LogP contribution in [0, 0.1) is 11.3 Å². The lowest BCUT2D eigenvalue weighted by atomic mass is 9.71. The molecule has 0 amide bonds. The molecule has 0 bridgehead atoms. The zero-order valence-electron chi connectivity index (χ0n) is 15.0. The van der Waals surface area contributed by atoms with E-state index in [4.69, 9.17) is 4.74 Å². The van der Waals surface area contributed by atoms with Crippen LogP contribution in [0.3, 0.4) is 0 Å². The maximum absolute atomic E-state index is 5.61. The van der Waals surface area contributed by atoms with Gasteiger partial charge in [0.05, 0.1) is 6.61 Å². The maximum Gasteiger partial charge on any atom is 0.0508 e. The van der Waals surface area contributed by atoms with Crippen LogP contribution in [0.4, 0.5) is 0 Å². The molecule has 1 spiro atoms. The fraction of sp³-hybridized carbons (Fsp3) is 0.600. The van der Waals surface area contributed by atoms with Gasteiger partial charge in [0.15, 0.2) is 0 Å². The molecule has 0 N–H and O–H groups in total. The van der Waals surface area contributed by atoms with E-state index in [1.807, 2.05) is 7.11 Å². The van der Waals surface area contributed by atoms with Crippen molar-refractivity contribution in [2.75, 3.05) is 39.9 Å². The highest BCUT2D eigenvalue weighted by atomic mass is 32.1. The molecule has 0 radical (unpaired) electrons. The van der Waals surface area contributed by atoms with Gasteiger partial charge in [-0.15, -0.1) is 0 Å². The van der Waals surface area contributed by atoms with Crippen molar-refractivity contribution >= 4 is 22.7 Å². The number of hydrogen-bond acceptors (Lipinski definition) is 5. The van der Waals surface area contributed by atoms with Gasteiger partial charge < -0.3 is 4.74 Å². The Morgan fingerprint density at radius 1 is 1.04 bits per heavy atom. The number of piperidine rings is 1. The minimum atomic E-state index is 0.456. The highest BCUT2D eigenvalue weighted by molar-refractivity contribution is 7.08. The molecule has 1 atom stereocenters. The van der Waals surface area contributed by atoms with Crippen molar-refractivity contribution < 1.29 is 4.74 Å². The van der Waals surface area contributed by atoms with E-state index in [-0.39, 0.29) is 0 Å². The first-order valence-electron chi connectivity index (χ1n) is 9.23. The Morgan fingerprint density at radius 2 is 1.68 bits per heavy atom. The van der Waals surface area contributed by atoms with Gasteiger partial charge in [-0.2, -0.15) is 22.7 Å². The van der Waals surface area contributed by atoms with Gasteiger partial charge in [-0.05, 0) is 76.1 Å². The Kier molecular flexibility index (Phi) is 5.58. The Balaban J connectivity index is 1.38. The average molecular weight is 377 g/mol. The quantitative estimate of drug-likeness (QED) is 0.752. The predicted octanol–water partition coefficient (Wildman–Crippen LogP) is 4.17. The molecule has 2 aliphatic heterocycles. The smallest absolute Gasteiger partial charge is 0.0508 e. The molecule has 4 heterocycles. The molecule has 2 fully saturated rings. The van der Waals surface area contributed by atoms with Gasteiger partial charge in [0.25, 0.3) is 0 Å². The van der Waals surface area contributed by atoms with Crippen LogP contribution in [0.2, 0.25) is 0 Å². The summed E-state index contributed by atoms with van der Waals surface area (Å²) in [5, 5.41) is 8.96. The van der Waals surface area contributed by atoms with E-state index >= 15 is 0 Å². The van der Waals surface area contributed by atoms with Crippen LogP contribution in [0.5, 0.6) is 0 Å². The highest BCUT2D eigenvalue weighted by Crippen LogP contribution is 2.45. The summed E-state index contributed by atoms with van der Waals surface area (Å²) in [6.07, 6.45) is 2.62. The SMILES string of the molecule is COC[C@@H]1CN(Cc2ccsc2)CC12CCN(Cc1ccsc1)CC2. The summed E-state index contributed by atoms with van der Waals surface area (Å²) in [6.45, 7) is 8.00. The van der Waals surface area contributed by atoms with Gasteiger partial charge in [0.1, 0.15) is 0 Å². The minimum Gasteiger partial charge on any atom is -0.384 e. The summed E-state index contributed by atoms with van der Waals surface area (Å²) in [6, 6.07) is 4.53. The lowest BCUT2D eigenvalue weighted by Gasteiger charge is -2.42. The average Bonchev–Trinajstić information content (AvgIpc) is 3.34. The lowest BCUT2D eigenvalue weighted by Crippen LogP contribution is -2.44. The first-order valence-corrected chi connectivity index (χ1v) is 11.1. The van der Waals surface area contributed by atoms with Crippen LogP contribution in [0.1, 0.15) is 24.0 Å². The number of ether oxygens (including phenoxy) is 1. The second-order valence-corrected chi connectivity index (χ2v) is 9.28. The van der Waals surface area contributed by atoms with E-state index in [9.17, 15) is 0 Å². The fourth-order valence-electron chi connectivity index (χ4n) is 4.70. The van der Waals surface area contributed by atoms with Crippen LogP contribution in [0.15, 0.2) is 33.7 Å². The highest BCUT2D eigenvalue weighted by Gasteiger charge is 2.47. The van der Waals surface area contributed by atoms with Gasteiger partial charge >= 0.3 is 0 Å².